The summed E-state index contributed by atoms with van der Waals surface area (Å²) in [7, 11) is 0. The summed E-state index contributed by atoms with van der Waals surface area (Å²) in [6.07, 6.45) is 4.60. The molecule has 1 aliphatic rings. The number of aryl methyl sites for hydroxylation is 2. The van der Waals surface area contributed by atoms with Crippen molar-refractivity contribution in [2.75, 3.05) is 6.61 Å². The van der Waals surface area contributed by atoms with Gasteiger partial charge >= 0.3 is 0 Å². The predicted molar refractivity (Wildman–Crippen MR) is 87.7 cm³/mol. The summed E-state index contributed by atoms with van der Waals surface area (Å²) >= 11 is 0. The Morgan fingerprint density at radius 3 is 2.57 bits per heavy atom. The minimum atomic E-state index is -0.667. The second-order valence-electron chi connectivity index (χ2n) is 6.22. The van der Waals surface area contributed by atoms with Crippen LogP contribution in [0.25, 0.3) is 0 Å². The van der Waals surface area contributed by atoms with Crippen LogP contribution in [-0.4, -0.2) is 24.5 Å². The second kappa shape index (κ2) is 7.97. The fourth-order valence-electron chi connectivity index (χ4n) is 2.79. The van der Waals surface area contributed by atoms with Crippen molar-refractivity contribution in [3.63, 3.8) is 0 Å². The lowest BCUT2D eigenvalue weighted by molar-refractivity contribution is -0.131. The van der Waals surface area contributed by atoms with Crippen LogP contribution in [0.1, 0.15) is 37.8 Å². The number of benzene rings is 1. The van der Waals surface area contributed by atoms with Crippen LogP contribution in [-0.2, 0) is 22.4 Å². The molecule has 2 rings (SSSR count). The van der Waals surface area contributed by atoms with Gasteiger partial charge in [-0.05, 0) is 54.9 Å². The zero-order chi connectivity index (χ0) is 16.8. The molecule has 1 aromatic rings. The number of carbonyl (C=O) groups is 2. The zero-order valence-corrected chi connectivity index (χ0v) is 13.7. The third kappa shape index (κ3) is 4.69. The molecule has 6 heteroatoms. The first-order valence-electron chi connectivity index (χ1n) is 8.05. The average Bonchev–Trinajstić information content (AvgIpc) is 2.56. The molecule has 0 fully saturated rings. The molecule has 2 amide bonds. The second-order valence-corrected chi connectivity index (χ2v) is 6.22. The van der Waals surface area contributed by atoms with Gasteiger partial charge in [0.1, 0.15) is 11.8 Å². The lowest BCUT2D eigenvalue weighted by atomic mass is 9.92. The van der Waals surface area contributed by atoms with Gasteiger partial charge in [0.2, 0.25) is 0 Å². The largest absolute Gasteiger partial charge is 0.484 e. The smallest absolute Gasteiger partial charge is 0.258 e. The van der Waals surface area contributed by atoms with Gasteiger partial charge < -0.3 is 10.1 Å². The maximum absolute atomic E-state index is 12.0. The van der Waals surface area contributed by atoms with Crippen LogP contribution in [0.4, 0.5) is 0 Å². The summed E-state index contributed by atoms with van der Waals surface area (Å²) in [6.45, 7) is 3.55. The standard InChI is InChI=1S/C17H25N3O3/c1-11(2)16(17(22)20-18)19-15(21)10-23-14-8-7-12-5-3-4-6-13(12)9-14/h7-9,11,16H,3-6,10,18H2,1-2H3,(H,19,21)(H,20,22)/t16-/m1/s1. The van der Waals surface area contributed by atoms with Crippen molar-refractivity contribution in [2.45, 2.75) is 45.6 Å². The fraction of sp³-hybridized carbons (Fsp3) is 0.529. The summed E-state index contributed by atoms with van der Waals surface area (Å²) in [5.41, 5.74) is 4.74. The Hall–Kier alpha value is -2.08. The van der Waals surface area contributed by atoms with Crippen LogP contribution in [0.2, 0.25) is 0 Å². The van der Waals surface area contributed by atoms with E-state index in [1.165, 1.54) is 24.0 Å². The highest BCUT2D eigenvalue weighted by Gasteiger charge is 2.23. The molecule has 126 valence electrons. The highest BCUT2D eigenvalue weighted by molar-refractivity contribution is 5.88. The minimum absolute atomic E-state index is 0.0637. The number of nitrogens with one attached hydrogen (secondary N) is 2. The first kappa shape index (κ1) is 17.3. The van der Waals surface area contributed by atoms with Crippen molar-refractivity contribution in [1.82, 2.24) is 10.7 Å². The minimum Gasteiger partial charge on any atom is -0.484 e. The van der Waals surface area contributed by atoms with E-state index in [1.54, 1.807) is 0 Å². The van der Waals surface area contributed by atoms with Crippen LogP contribution >= 0.6 is 0 Å². The lowest BCUT2D eigenvalue weighted by Crippen LogP contribution is -2.52. The van der Waals surface area contributed by atoms with Gasteiger partial charge in [-0.15, -0.1) is 0 Å². The highest BCUT2D eigenvalue weighted by atomic mass is 16.5. The van der Waals surface area contributed by atoms with Gasteiger partial charge in [-0.3, -0.25) is 15.0 Å². The van der Waals surface area contributed by atoms with E-state index in [-0.39, 0.29) is 18.4 Å². The van der Waals surface area contributed by atoms with Crippen LogP contribution in [0, 0.1) is 5.92 Å². The molecular weight excluding hydrogens is 294 g/mol. The van der Waals surface area contributed by atoms with Crippen molar-refractivity contribution >= 4 is 11.8 Å². The Balaban J connectivity index is 1.90. The van der Waals surface area contributed by atoms with E-state index in [9.17, 15) is 9.59 Å². The molecule has 0 heterocycles. The van der Waals surface area contributed by atoms with Gasteiger partial charge in [0.25, 0.3) is 11.8 Å². The number of hydrogen-bond acceptors (Lipinski definition) is 4. The van der Waals surface area contributed by atoms with E-state index in [0.717, 1.165) is 12.8 Å². The van der Waals surface area contributed by atoms with Gasteiger partial charge in [-0.1, -0.05) is 19.9 Å². The first-order chi connectivity index (χ1) is 11.0. The van der Waals surface area contributed by atoms with E-state index >= 15 is 0 Å². The lowest BCUT2D eigenvalue weighted by Gasteiger charge is -2.21. The highest BCUT2D eigenvalue weighted by Crippen LogP contribution is 2.25. The molecule has 0 aromatic heterocycles. The van der Waals surface area contributed by atoms with E-state index in [4.69, 9.17) is 10.6 Å². The number of hydrazine groups is 1. The SMILES string of the molecule is CC(C)[C@@H](NC(=O)COc1ccc2c(c1)CCCC2)C(=O)NN. The summed E-state index contributed by atoms with van der Waals surface area (Å²) in [5.74, 6) is 5.00. The van der Waals surface area contributed by atoms with Gasteiger partial charge in [0.15, 0.2) is 6.61 Å². The zero-order valence-electron chi connectivity index (χ0n) is 13.7. The fourth-order valence-corrected chi connectivity index (χ4v) is 2.79. The van der Waals surface area contributed by atoms with Crippen molar-refractivity contribution in [1.29, 1.82) is 0 Å². The van der Waals surface area contributed by atoms with E-state index in [2.05, 4.69) is 16.8 Å². The molecule has 0 saturated heterocycles. The average molecular weight is 319 g/mol. The molecule has 0 aliphatic heterocycles. The number of fused-ring (bicyclic) bond motifs is 1. The van der Waals surface area contributed by atoms with Gasteiger partial charge in [-0.2, -0.15) is 0 Å². The summed E-state index contributed by atoms with van der Waals surface area (Å²) in [5, 5.41) is 2.64. The summed E-state index contributed by atoms with van der Waals surface area (Å²) < 4.78 is 5.55. The third-order valence-corrected chi connectivity index (χ3v) is 4.10. The van der Waals surface area contributed by atoms with Crippen molar-refractivity contribution in [3.05, 3.63) is 29.3 Å². The van der Waals surface area contributed by atoms with Crippen molar-refractivity contribution in [2.24, 2.45) is 11.8 Å². The number of hydrogen-bond donors (Lipinski definition) is 3. The summed E-state index contributed by atoms with van der Waals surface area (Å²) in [4.78, 5) is 23.6. The number of nitrogens with two attached hydrogens (primary N) is 1. The molecule has 1 aliphatic carbocycles. The monoisotopic (exact) mass is 319 g/mol. The number of ether oxygens (including phenoxy) is 1. The predicted octanol–water partition coefficient (Wildman–Crippen LogP) is 1.07. The number of amides is 2. The molecular formula is C17H25N3O3. The Bertz CT molecular complexity index is 572. The molecule has 6 nitrogen and oxygen atoms in total. The van der Waals surface area contributed by atoms with Gasteiger partial charge in [0.05, 0.1) is 0 Å². The van der Waals surface area contributed by atoms with Crippen LogP contribution < -0.4 is 21.3 Å². The quantitative estimate of drug-likeness (QED) is 0.415. The molecule has 1 atom stereocenters. The Labute approximate surface area is 136 Å². The normalized spacial score (nSPS) is 14.8. The van der Waals surface area contributed by atoms with Gasteiger partial charge in [0, 0.05) is 0 Å². The Morgan fingerprint density at radius 1 is 1.22 bits per heavy atom. The molecule has 0 unspecified atom stereocenters. The number of carbonyl (C=O) groups excluding carboxylic acids is 2. The van der Waals surface area contributed by atoms with E-state index in [1.807, 2.05) is 26.0 Å². The van der Waals surface area contributed by atoms with E-state index in [0.29, 0.717) is 5.75 Å². The molecule has 0 radical (unpaired) electrons. The molecule has 1 aromatic carbocycles. The first-order valence-corrected chi connectivity index (χ1v) is 8.05. The van der Waals surface area contributed by atoms with Crippen LogP contribution in [0.3, 0.4) is 0 Å². The van der Waals surface area contributed by atoms with Gasteiger partial charge in [-0.25, -0.2) is 5.84 Å². The molecule has 0 spiro atoms. The number of rotatable bonds is 6. The topological polar surface area (TPSA) is 93.4 Å². The van der Waals surface area contributed by atoms with E-state index < -0.39 is 11.9 Å². The maximum Gasteiger partial charge on any atom is 0.258 e. The Morgan fingerprint density at radius 2 is 1.91 bits per heavy atom. The summed E-state index contributed by atoms with van der Waals surface area (Å²) in [6, 6.07) is 5.30. The Kier molecular flexibility index (Phi) is 5.98. The van der Waals surface area contributed by atoms with Crippen LogP contribution in [0.5, 0.6) is 5.75 Å². The maximum atomic E-state index is 12.0. The molecule has 23 heavy (non-hydrogen) atoms. The molecule has 0 saturated carbocycles. The van der Waals surface area contributed by atoms with Crippen LogP contribution in [0.15, 0.2) is 18.2 Å². The van der Waals surface area contributed by atoms with Crippen molar-refractivity contribution in [3.8, 4) is 5.75 Å². The molecule has 4 N–H and O–H groups in total. The van der Waals surface area contributed by atoms with Crippen molar-refractivity contribution < 1.29 is 14.3 Å². The third-order valence-electron chi connectivity index (χ3n) is 4.10. The molecule has 0 bridgehead atoms.